The van der Waals surface area contributed by atoms with E-state index < -0.39 is 22.6 Å². The van der Waals surface area contributed by atoms with Crippen LogP contribution in [0.1, 0.15) is 69.9 Å². The van der Waals surface area contributed by atoms with Gasteiger partial charge in [-0.15, -0.1) is 0 Å². The molecule has 1 aliphatic heterocycles. The monoisotopic (exact) mass is 485 g/mol. The summed E-state index contributed by atoms with van der Waals surface area (Å²) < 4.78 is 37.9. The molecule has 2 fully saturated rings. The molecule has 0 unspecified atom stereocenters. The Hall–Kier alpha value is -2.55. The molecule has 4 rings (SSSR count). The first-order valence-electron chi connectivity index (χ1n) is 11.8. The van der Waals surface area contributed by atoms with Crippen LogP contribution in [-0.2, 0) is 19.5 Å². The highest BCUT2D eigenvalue weighted by molar-refractivity contribution is 7.89. The number of esters is 1. The number of sulfonamides is 1. The van der Waals surface area contributed by atoms with E-state index >= 15 is 0 Å². The minimum Gasteiger partial charge on any atom is -0.454 e. The second-order valence-corrected chi connectivity index (χ2v) is 10.9. The molecule has 1 saturated carbocycles. The maximum Gasteiger partial charge on any atom is 0.338 e. The van der Waals surface area contributed by atoms with Crippen LogP contribution in [0.25, 0.3) is 0 Å². The number of ketones is 1. The fourth-order valence-corrected chi connectivity index (χ4v) is 6.26. The first kappa shape index (κ1) is 24.6. The Morgan fingerprint density at radius 2 is 1.62 bits per heavy atom. The Balaban J connectivity index is 1.40. The largest absolute Gasteiger partial charge is 0.454 e. The SMILES string of the molecule is Cc1ccc(C(=O)OCC(=O)c2ccc(C3CCCCC3)cc2)cc1S(=O)(=O)N1CCOCC1. The van der Waals surface area contributed by atoms with Crippen LogP contribution in [0.4, 0.5) is 0 Å². The lowest BCUT2D eigenvalue weighted by atomic mass is 9.84. The van der Waals surface area contributed by atoms with Crippen LogP contribution in [0, 0.1) is 6.92 Å². The van der Waals surface area contributed by atoms with Crippen molar-refractivity contribution >= 4 is 21.8 Å². The molecule has 2 aromatic rings. The molecular weight excluding hydrogens is 454 g/mol. The normalized spacial score (nSPS) is 17.9. The molecular formula is C26H31NO6S. The predicted molar refractivity (Wildman–Crippen MR) is 128 cm³/mol. The van der Waals surface area contributed by atoms with Crippen LogP contribution in [0.3, 0.4) is 0 Å². The van der Waals surface area contributed by atoms with Gasteiger partial charge in [0.15, 0.2) is 12.4 Å². The van der Waals surface area contributed by atoms with Gasteiger partial charge in [-0.05, 0) is 48.9 Å². The second-order valence-electron chi connectivity index (χ2n) is 8.95. The number of benzene rings is 2. The van der Waals surface area contributed by atoms with Crippen molar-refractivity contribution in [2.24, 2.45) is 0 Å². The van der Waals surface area contributed by atoms with Crippen molar-refractivity contribution in [2.75, 3.05) is 32.9 Å². The molecule has 8 heteroatoms. The number of carbonyl (C=O) groups is 2. The fourth-order valence-electron chi connectivity index (χ4n) is 4.61. The zero-order valence-corrected chi connectivity index (χ0v) is 20.3. The number of Topliss-reactive ketones (excluding diaryl/α,β-unsaturated/α-hetero) is 1. The molecule has 182 valence electrons. The summed E-state index contributed by atoms with van der Waals surface area (Å²) in [7, 11) is -3.76. The van der Waals surface area contributed by atoms with Gasteiger partial charge in [-0.2, -0.15) is 4.31 Å². The van der Waals surface area contributed by atoms with Crippen LogP contribution in [0.5, 0.6) is 0 Å². The second kappa shape index (κ2) is 10.8. The molecule has 0 bridgehead atoms. The van der Waals surface area contributed by atoms with Crippen molar-refractivity contribution in [3.8, 4) is 0 Å². The molecule has 1 saturated heterocycles. The van der Waals surface area contributed by atoms with Gasteiger partial charge in [0, 0.05) is 18.7 Å². The van der Waals surface area contributed by atoms with Gasteiger partial charge >= 0.3 is 5.97 Å². The maximum atomic E-state index is 13.0. The predicted octanol–water partition coefficient (Wildman–Crippen LogP) is 4.10. The van der Waals surface area contributed by atoms with E-state index in [1.807, 2.05) is 12.1 Å². The van der Waals surface area contributed by atoms with E-state index in [0.29, 0.717) is 30.3 Å². The van der Waals surface area contributed by atoms with Gasteiger partial charge < -0.3 is 9.47 Å². The van der Waals surface area contributed by atoms with Crippen LogP contribution < -0.4 is 0 Å². The molecule has 0 radical (unpaired) electrons. The summed E-state index contributed by atoms with van der Waals surface area (Å²) in [6, 6.07) is 12.0. The lowest BCUT2D eigenvalue weighted by Crippen LogP contribution is -2.40. The quantitative estimate of drug-likeness (QED) is 0.433. The number of hydrogen-bond acceptors (Lipinski definition) is 6. The van der Waals surface area contributed by atoms with Crippen molar-refractivity contribution in [3.05, 3.63) is 64.7 Å². The van der Waals surface area contributed by atoms with E-state index in [1.165, 1.54) is 54.1 Å². The zero-order chi connectivity index (χ0) is 24.1. The van der Waals surface area contributed by atoms with E-state index in [-0.39, 0.29) is 29.3 Å². The molecule has 0 amide bonds. The molecule has 0 aromatic heterocycles. The van der Waals surface area contributed by atoms with E-state index in [1.54, 1.807) is 25.1 Å². The van der Waals surface area contributed by atoms with Gasteiger partial charge in [0.25, 0.3) is 0 Å². The third kappa shape index (κ3) is 5.56. The summed E-state index contributed by atoms with van der Waals surface area (Å²) in [6.45, 7) is 2.49. The molecule has 1 aliphatic carbocycles. The smallest absolute Gasteiger partial charge is 0.338 e. The van der Waals surface area contributed by atoms with Crippen LogP contribution in [0.15, 0.2) is 47.4 Å². The molecule has 0 N–H and O–H groups in total. The van der Waals surface area contributed by atoms with E-state index in [2.05, 4.69) is 0 Å². The lowest BCUT2D eigenvalue weighted by molar-refractivity contribution is 0.0474. The number of carbonyl (C=O) groups excluding carboxylic acids is 2. The third-order valence-electron chi connectivity index (χ3n) is 6.66. The zero-order valence-electron chi connectivity index (χ0n) is 19.5. The average Bonchev–Trinajstić information content (AvgIpc) is 2.88. The lowest BCUT2D eigenvalue weighted by Gasteiger charge is -2.26. The third-order valence-corrected chi connectivity index (χ3v) is 8.70. The molecule has 2 aliphatic rings. The van der Waals surface area contributed by atoms with Gasteiger partial charge in [-0.3, -0.25) is 4.79 Å². The Bertz CT molecular complexity index is 1130. The van der Waals surface area contributed by atoms with Crippen molar-refractivity contribution in [2.45, 2.75) is 49.8 Å². The number of rotatable bonds is 7. The van der Waals surface area contributed by atoms with Crippen LogP contribution in [0.2, 0.25) is 0 Å². The van der Waals surface area contributed by atoms with E-state index in [0.717, 1.165) is 0 Å². The highest BCUT2D eigenvalue weighted by atomic mass is 32.2. The number of aryl methyl sites for hydroxylation is 1. The number of nitrogens with zero attached hydrogens (tertiary/aromatic N) is 1. The summed E-state index contributed by atoms with van der Waals surface area (Å²) in [6.07, 6.45) is 6.15. The van der Waals surface area contributed by atoms with Gasteiger partial charge in [0.2, 0.25) is 10.0 Å². The van der Waals surface area contributed by atoms with E-state index in [4.69, 9.17) is 9.47 Å². The van der Waals surface area contributed by atoms with Gasteiger partial charge in [-0.1, -0.05) is 49.6 Å². The molecule has 0 spiro atoms. The Morgan fingerprint density at radius 1 is 0.971 bits per heavy atom. The fraction of sp³-hybridized carbons (Fsp3) is 0.462. The number of morpholine rings is 1. The minimum absolute atomic E-state index is 0.0634. The molecule has 0 atom stereocenters. The van der Waals surface area contributed by atoms with Crippen molar-refractivity contribution in [3.63, 3.8) is 0 Å². The summed E-state index contributed by atoms with van der Waals surface area (Å²) in [5.74, 6) is -0.470. The summed E-state index contributed by atoms with van der Waals surface area (Å²) in [4.78, 5) is 25.2. The van der Waals surface area contributed by atoms with Crippen molar-refractivity contribution in [1.82, 2.24) is 4.31 Å². The summed E-state index contributed by atoms with van der Waals surface area (Å²) in [5, 5.41) is 0. The molecule has 2 aromatic carbocycles. The Kier molecular flexibility index (Phi) is 7.80. The summed E-state index contributed by atoms with van der Waals surface area (Å²) >= 11 is 0. The van der Waals surface area contributed by atoms with Gasteiger partial charge in [-0.25, -0.2) is 13.2 Å². The number of ether oxygens (including phenoxy) is 2. The average molecular weight is 486 g/mol. The standard InChI is InChI=1S/C26H31NO6S/c1-19-7-8-23(17-25(19)34(30,31)27-13-15-32-16-14-27)26(29)33-18-24(28)22-11-9-21(10-12-22)20-5-3-2-4-6-20/h7-12,17,20H,2-6,13-16,18H2,1H3. The molecule has 34 heavy (non-hydrogen) atoms. The van der Waals surface area contributed by atoms with Gasteiger partial charge in [0.05, 0.1) is 23.7 Å². The first-order chi connectivity index (χ1) is 16.4. The first-order valence-corrected chi connectivity index (χ1v) is 13.3. The molecule has 7 nitrogen and oxygen atoms in total. The minimum atomic E-state index is -3.76. The topological polar surface area (TPSA) is 90.0 Å². The highest BCUT2D eigenvalue weighted by Gasteiger charge is 2.28. The highest BCUT2D eigenvalue weighted by Crippen LogP contribution is 2.32. The van der Waals surface area contributed by atoms with E-state index in [9.17, 15) is 18.0 Å². The van der Waals surface area contributed by atoms with Crippen LogP contribution in [-0.4, -0.2) is 57.4 Å². The van der Waals surface area contributed by atoms with Gasteiger partial charge in [0.1, 0.15) is 0 Å². The van der Waals surface area contributed by atoms with Crippen molar-refractivity contribution < 1.29 is 27.5 Å². The van der Waals surface area contributed by atoms with Crippen LogP contribution >= 0.6 is 0 Å². The van der Waals surface area contributed by atoms with Crippen molar-refractivity contribution in [1.29, 1.82) is 0 Å². The Labute approximate surface area is 201 Å². The molecule has 1 heterocycles. The maximum absolute atomic E-state index is 13.0. The summed E-state index contributed by atoms with van der Waals surface area (Å²) in [5.41, 5.74) is 2.38. The Morgan fingerprint density at radius 3 is 2.29 bits per heavy atom. The number of hydrogen-bond donors (Lipinski definition) is 0.